The van der Waals surface area contributed by atoms with Crippen LogP contribution in [0.2, 0.25) is 0 Å². The number of hydrogen-bond donors (Lipinski definition) is 1. The van der Waals surface area contributed by atoms with E-state index in [4.69, 9.17) is 4.74 Å². The molecule has 1 aromatic rings. The molecule has 0 saturated carbocycles. The Morgan fingerprint density at radius 2 is 2.29 bits per heavy atom. The number of urea groups is 1. The Morgan fingerprint density at radius 3 is 3.04 bits per heavy atom. The molecule has 1 aliphatic heterocycles. The fourth-order valence-corrected chi connectivity index (χ4v) is 2.86. The van der Waals surface area contributed by atoms with Crippen LogP contribution in [0.4, 0.5) is 9.18 Å². The maximum Gasteiger partial charge on any atom is 0.317 e. The number of nitrogens with one attached hydrogen (secondary N) is 1. The Morgan fingerprint density at radius 1 is 1.46 bits per heavy atom. The molecule has 2 rings (SSSR count). The number of carbonyl (C=O) groups is 1. The van der Waals surface area contributed by atoms with Gasteiger partial charge in [-0.25, -0.2) is 9.18 Å². The monoisotopic (exact) mass is 337 g/mol. The Bertz CT molecular complexity index is 525. The molecule has 1 heterocycles. The van der Waals surface area contributed by atoms with Gasteiger partial charge in [0.1, 0.15) is 11.6 Å². The van der Waals surface area contributed by atoms with Crippen molar-refractivity contribution >= 4 is 6.03 Å². The van der Waals surface area contributed by atoms with Crippen molar-refractivity contribution < 1.29 is 13.9 Å². The van der Waals surface area contributed by atoms with Crippen molar-refractivity contribution in [3.8, 4) is 5.75 Å². The van der Waals surface area contributed by atoms with Crippen LogP contribution in [0.15, 0.2) is 24.3 Å². The molecular weight excluding hydrogens is 309 g/mol. The second-order valence-electron chi connectivity index (χ2n) is 6.61. The molecule has 1 atom stereocenters. The van der Waals surface area contributed by atoms with Gasteiger partial charge in [0.25, 0.3) is 0 Å². The van der Waals surface area contributed by atoms with E-state index >= 15 is 0 Å². The molecule has 1 saturated heterocycles. The third-order valence-electron chi connectivity index (χ3n) is 4.15. The van der Waals surface area contributed by atoms with Crippen LogP contribution in [0.5, 0.6) is 5.75 Å². The molecule has 0 aromatic heterocycles. The lowest BCUT2D eigenvalue weighted by Crippen LogP contribution is -2.47. The first-order valence-corrected chi connectivity index (χ1v) is 8.60. The molecule has 0 bridgehead atoms. The Labute approximate surface area is 143 Å². The van der Waals surface area contributed by atoms with E-state index in [2.05, 4.69) is 10.2 Å². The van der Waals surface area contributed by atoms with Gasteiger partial charge in [-0.1, -0.05) is 6.07 Å². The van der Waals surface area contributed by atoms with E-state index in [0.29, 0.717) is 25.4 Å². The van der Waals surface area contributed by atoms with Crippen LogP contribution in [0, 0.1) is 11.7 Å². The highest BCUT2D eigenvalue weighted by Crippen LogP contribution is 2.19. The van der Waals surface area contributed by atoms with Gasteiger partial charge in [-0.2, -0.15) is 0 Å². The van der Waals surface area contributed by atoms with Crippen molar-refractivity contribution in [2.75, 3.05) is 46.9 Å². The average Bonchev–Trinajstić information content (AvgIpc) is 2.57. The quantitative estimate of drug-likeness (QED) is 0.778. The largest absolute Gasteiger partial charge is 0.493 e. The molecule has 1 aliphatic rings. The number of nitrogens with zero attached hydrogens (tertiary/aromatic N) is 2. The number of amides is 2. The Kier molecular flexibility index (Phi) is 7.31. The summed E-state index contributed by atoms with van der Waals surface area (Å²) in [5.41, 5.74) is 0. The third kappa shape index (κ3) is 6.35. The summed E-state index contributed by atoms with van der Waals surface area (Å²) in [6.45, 7) is 3.64. The van der Waals surface area contributed by atoms with Gasteiger partial charge in [0, 0.05) is 31.6 Å². The lowest BCUT2D eigenvalue weighted by molar-refractivity contribution is 0.137. The Hall–Kier alpha value is -1.82. The van der Waals surface area contributed by atoms with Gasteiger partial charge in [-0.3, -0.25) is 0 Å². The number of ether oxygens (including phenoxy) is 1. The van der Waals surface area contributed by atoms with E-state index in [1.807, 2.05) is 19.0 Å². The van der Waals surface area contributed by atoms with Crippen molar-refractivity contribution in [1.82, 2.24) is 15.1 Å². The number of hydrogen-bond acceptors (Lipinski definition) is 3. The smallest absolute Gasteiger partial charge is 0.317 e. The number of piperidine rings is 1. The number of likely N-dealkylation sites (tertiary alicyclic amines) is 1. The van der Waals surface area contributed by atoms with E-state index in [-0.39, 0.29) is 17.8 Å². The maximum absolute atomic E-state index is 13.2. The van der Waals surface area contributed by atoms with E-state index in [9.17, 15) is 9.18 Å². The fourth-order valence-electron chi connectivity index (χ4n) is 2.86. The third-order valence-corrected chi connectivity index (χ3v) is 4.15. The van der Waals surface area contributed by atoms with Crippen molar-refractivity contribution in [2.24, 2.45) is 5.92 Å². The highest BCUT2D eigenvalue weighted by atomic mass is 19.1. The van der Waals surface area contributed by atoms with Gasteiger partial charge in [-0.15, -0.1) is 0 Å². The van der Waals surface area contributed by atoms with Crippen LogP contribution in [0.3, 0.4) is 0 Å². The minimum atomic E-state index is -0.296. The van der Waals surface area contributed by atoms with Gasteiger partial charge in [-0.05, 0) is 52.0 Å². The molecule has 0 radical (unpaired) electrons. The number of rotatable bonds is 7. The lowest BCUT2D eigenvalue weighted by atomic mass is 9.99. The summed E-state index contributed by atoms with van der Waals surface area (Å²) in [7, 11) is 4.05. The molecular formula is C18H28FN3O2. The van der Waals surface area contributed by atoms with Gasteiger partial charge < -0.3 is 19.9 Å². The van der Waals surface area contributed by atoms with E-state index in [1.54, 1.807) is 12.1 Å². The average molecular weight is 337 g/mol. The summed E-state index contributed by atoms with van der Waals surface area (Å²) in [5.74, 6) is 0.532. The lowest BCUT2D eigenvalue weighted by Gasteiger charge is -2.32. The van der Waals surface area contributed by atoms with Gasteiger partial charge >= 0.3 is 6.03 Å². The maximum atomic E-state index is 13.2. The molecule has 5 nitrogen and oxygen atoms in total. The number of carbonyl (C=O) groups excluding carboxylic acids is 1. The summed E-state index contributed by atoms with van der Waals surface area (Å²) >= 11 is 0. The predicted octanol–water partition coefficient (Wildman–Crippen LogP) is 2.58. The van der Waals surface area contributed by atoms with Gasteiger partial charge in [0.2, 0.25) is 0 Å². The highest BCUT2D eigenvalue weighted by Gasteiger charge is 2.23. The van der Waals surface area contributed by atoms with Gasteiger partial charge in [0.05, 0.1) is 6.61 Å². The normalized spacial score (nSPS) is 17.8. The predicted molar refractivity (Wildman–Crippen MR) is 92.8 cm³/mol. The zero-order valence-electron chi connectivity index (χ0n) is 14.6. The molecule has 2 amide bonds. The molecule has 0 aliphatic carbocycles. The standard InChI is InChI=1S/C18H28FN3O2/c1-21(2)10-5-9-20-18(23)22-11-4-6-15(13-22)14-24-17-8-3-7-16(19)12-17/h3,7-8,12,15H,4-6,9-11,13-14H2,1-2H3,(H,20,23)/t15-/m1/s1. The van der Waals surface area contributed by atoms with Crippen LogP contribution in [-0.2, 0) is 0 Å². The first-order valence-electron chi connectivity index (χ1n) is 8.60. The van der Waals surface area contributed by atoms with Crippen molar-refractivity contribution in [2.45, 2.75) is 19.3 Å². The van der Waals surface area contributed by atoms with Crippen LogP contribution in [0.25, 0.3) is 0 Å². The van der Waals surface area contributed by atoms with Crippen LogP contribution >= 0.6 is 0 Å². The van der Waals surface area contributed by atoms with Crippen LogP contribution in [0.1, 0.15) is 19.3 Å². The van der Waals surface area contributed by atoms with Crippen molar-refractivity contribution in [3.63, 3.8) is 0 Å². The molecule has 1 fully saturated rings. The van der Waals surface area contributed by atoms with E-state index in [1.165, 1.54) is 12.1 Å². The minimum Gasteiger partial charge on any atom is -0.493 e. The first-order chi connectivity index (χ1) is 11.5. The number of benzene rings is 1. The van der Waals surface area contributed by atoms with Crippen molar-refractivity contribution in [3.05, 3.63) is 30.1 Å². The molecule has 134 valence electrons. The Balaban J connectivity index is 1.71. The summed E-state index contributed by atoms with van der Waals surface area (Å²) in [6.07, 6.45) is 2.95. The second-order valence-corrected chi connectivity index (χ2v) is 6.61. The summed E-state index contributed by atoms with van der Waals surface area (Å²) in [6, 6.07) is 6.18. The molecule has 1 aromatic carbocycles. The SMILES string of the molecule is CN(C)CCCNC(=O)N1CCC[C@@H](COc2cccc(F)c2)C1. The highest BCUT2D eigenvalue weighted by molar-refractivity contribution is 5.74. The van der Waals surface area contributed by atoms with Crippen molar-refractivity contribution in [1.29, 1.82) is 0 Å². The second kappa shape index (κ2) is 9.47. The number of halogens is 1. The zero-order chi connectivity index (χ0) is 17.4. The van der Waals surface area contributed by atoms with Gasteiger partial charge in [0.15, 0.2) is 0 Å². The van der Waals surface area contributed by atoms with Crippen LogP contribution in [-0.4, -0.2) is 62.7 Å². The van der Waals surface area contributed by atoms with E-state index in [0.717, 1.165) is 32.4 Å². The molecule has 0 unspecified atom stereocenters. The minimum absolute atomic E-state index is 0.00390. The fraction of sp³-hybridized carbons (Fsp3) is 0.611. The first kappa shape index (κ1) is 18.5. The molecule has 6 heteroatoms. The molecule has 1 N–H and O–H groups in total. The molecule has 24 heavy (non-hydrogen) atoms. The topological polar surface area (TPSA) is 44.8 Å². The summed E-state index contributed by atoms with van der Waals surface area (Å²) in [4.78, 5) is 16.2. The summed E-state index contributed by atoms with van der Waals surface area (Å²) < 4.78 is 18.8. The van der Waals surface area contributed by atoms with Crippen LogP contribution < -0.4 is 10.1 Å². The molecule has 0 spiro atoms. The van der Waals surface area contributed by atoms with E-state index < -0.39 is 0 Å². The zero-order valence-corrected chi connectivity index (χ0v) is 14.6. The summed E-state index contributed by atoms with van der Waals surface area (Å²) in [5, 5.41) is 2.98.